The van der Waals surface area contributed by atoms with Crippen molar-refractivity contribution in [2.24, 2.45) is 0 Å². The lowest BCUT2D eigenvalue weighted by atomic mass is 10.0. The highest BCUT2D eigenvalue weighted by atomic mass is 16.5. The minimum Gasteiger partial charge on any atom is -0.491 e. The molecule has 0 aliphatic carbocycles. The highest BCUT2D eigenvalue weighted by Crippen LogP contribution is 2.34. The number of piperidine rings is 1. The lowest BCUT2D eigenvalue weighted by Crippen LogP contribution is -2.37. The largest absolute Gasteiger partial charge is 0.491 e. The maximum absolute atomic E-state index is 13.4. The first-order chi connectivity index (χ1) is 14.5. The van der Waals surface area contributed by atoms with Crippen LogP contribution in [0.1, 0.15) is 44.4 Å². The van der Waals surface area contributed by atoms with Gasteiger partial charge in [0.05, 0.1) is 23.9 Å². The number of nitrogens with zero attached hydrogens (tertiary/aromatic N) is 3. The number of likely N-dealkylation sites (tertiary alicyclic amines) is 1. The van der Waals surface area contributed by atoms with Gasteiger partial charge in [0, 0.05) is 19.3 Å². The minimum atomic E-state index is -0.260. The van der Waals surface area contributed by atoms with E-state index in [-0.39, 0.29) is 24.5 Å². The molecule has 4 rings (SSSR count). The first-order valence-corrected chi connectivity index (χ1v) is 10.6. The maximum Gasteiger partial charge on any atom is 0.278 e. The van der Waals surface area contributed by atoms with E-state index in [1.807, 2.05) is 56.3 Å². The molecule has 0 spiro atoms. The standard InChI is InChI=1S/C24H27N3O3/c1-17(2)30-20-11-9-18(10-12-20)21-22(26-14-6-3-7-15-26)24(29)27(23(21)28)16-19-8-4-5-13-25-19/h4-5,8-13,17H,3,6-7,14-16H2,1-2H3. The second-order valence-corrected chi connectivity index (χ2v) is 7.98. The molecule has 0 N–H and O–H groups in total. The minimum absolute atomic E-state index is 0.0718. The van der Waals surface area contributed by atoms with Crippen LogP contribution in [0.25, 0.3) is 5.57 Å². The van der Waals surface area contributed by atoms with Gasteiger partial charge in [-0.25, -0.2) is 0 Å². The Morgan fingerprint density at radius 1 is 0.967 bits per heavy atom. The SMILES string of the molecule is CC(C)Oc1ccc(C2=C(N3CCCCC3)C(=O)N(Cc3ccccn3)C2=O)cc1. The molecule has 0 radical (unpaired) electrons. The first kappa shape index (κ1) is 20.1. The summed E-state index contributed by atoms with van der Waals surface area (Å²) in [5.74, 6) is 0.254. The second-order valence-electron chi connectivity index (χ2n) is 7.98. The Kier molecular flexibility index (Phi) is 5.84. The van der Waals surface area contributed by atoms with Gasteiger partial charge in [-0.15, -0.1) is 0 Å². The molecule has 1 aromatic heterocycles. The molecule has 2 aliphatic heterocycles. The van der Waals surface area contributed by atoms with E-state index >= 15 is 0 Å². The van der Waals surface area contributed by atoms with E-state index in [1.165, 1.54) is 4.90 Å². The molecule has 6 heteroatoms. The van der Waals surface area contributed by atoms with Crippen LogP contribution >= 0.6 is 0 Å². The number of rotatable bonds is 6. The fourth-order valence-electron chi connectivity index (χ4n) is 4.00. The smallest absolute Gasteiger partial charge is 0.278 e. The lowest BCUT2D eigenvalue weighted by molar-refractivity contribution is -0.138. The number of imide groups is 1. The Morgan fingerprint density at radius 3 is 2.33 bits per heavy atom. The average Bonchev–Trinajstić information content (AvgIpc) is 3.00. The van der Waals surface area contributed by atoms with Crippen LogP contribution in [0.2, 0.25) is 0 Å². The van der Waals surface area contributed by atoms with Crippen molar-refractivity contribution in [3.63, 3.8) is 0 Å². The molecule has 1 fully saturated rings. The van der Waals surface area contributed by atoms with Gasteiger partial charge >= 0.3 is 0 Å². The Morgan fingerprint density at radius 2 is 1.70 bits per heavy atom. The van der Waals surface area contributed by atoms with Crippen molar-refractivity contribution in [2.75, 3.05) is 13.1 Å². The van der Waals surface area contributed by atoms with Gasteiger partial charge in [0.25, 0.3) is 11.8 Å². The van der Waals surface area contributed by atoms with Gasteiger partial charge < -0.3 is 9.64 Å². The fraction of sp³-hybridized carbons (Fsp3) is 0.375. The van der Waals surface area contributed by atoms with E-state index in [0.717, 1.165) is 43.7 Å². The van der Waals surface area contributed by atoms with Crippen LogP contribution in [0.4, 0.5) is 0 Å². The molecular formula is C24H27N3O3. The number of aromatic nitrogens is 1. The number of carbonyl (C=O) groups excluding carboxylic acids is 2. The maximum atomic E-state index is 13.4. The van der Waals surface area contributed by atoms with Crippen molar-refractivity contribution >= 4 is 17.4 Å². The summed E-state index contributed by atoms with van der Waals surface area (Å²) < 4.78 is 5.73. The van der Waals surface area contributed by atoms with E-state index in [2.05, 4.69) is 9.88 Å². The molecule has 1 aromatic carbocycles. The Bertz CT molecular complexity index is 945. The number of ether oxygens (including phenoxy) is 1. The highest BCUT2D eigenvalue weighted by Gasteiger charge is 2.41. The van der Waals surface area contributed by atoms with E-state index in [1.54, 1.807) is 6.20 Å². The van der Waals surface area contributed by atoms with Crippen molar-refractivity contribution in [2.45, 2.75) is 45.8 Å². The van der Waals surface area contributed by atoms with Gasteiger partial charge in [-0.1, -0.05) is 18.2 Å². The molecule has 0 bridgehead atoms. The zero-order chi connectivity index (χ0) is 21.1. The third kappa shape index (κ3) is 4.08. The third-order valence-corrected chi connectivity index (χ3v) is 5.38. The van der Waals surface area contributed by atoms with Crippen LogP contribution in [-0.2, 0) is 16.1 Å². The van der Waals surface area contributed by atoms with E-state index in [4.69, 9.17) is 4.74 Å². The summed E-state index contributed by atoms with van der Waals surface area (Å²) in [6.45, 7) is 5.71. The number of benzene rings is 1. The molecule has 0 saturated carbocycles. The van der Waals surface area contributed by atoms with E-state index in [9.17, 15) is 9.59 Å². The van der Waals surface area contributed by atoms with Crippen LogP contribution in [-0.4, -0.2) is 45.8 Å². The molecule has 156 valence electrons. The van der Waals surface area contributed by atoms with Crippen molar-refractivity contribution in [3.8, 4) is 5.75 Å². The highest BCUT2D eigenvalue weighted by molar-refractivity contribution is 6.35. The molecule has 2 amide bonds. The normalized spacial score (nSPS) is 17.3. The zero-order valence-corrected chi connectivity index (χ0v) is 17.5. The van der Waals surface area contributed by atoms with Crippen LogP contribution in [0.15, 0.2) is 54.4 Å². The molecule has 0 unspecified atom stereocenters. The number of amides is 2. The zero-order valence-electron chi connectivity index (χ0n) is 17.5. The van der Waals surface area contributed by atoms with Gasteiger partial charge in [0.2, 0.25) is 0 Å². The van der Waals surface area contributed by atoms with Crippen molar-refractivity contribution in [1.29, 1.82) is 0 Å². The quantitative estimate of drug-likeness (QED) is 0.687. The number of hydrogen-bond donors (Lipinski definition) is 0. The summed E-state index contributed by atoms with van der Waals surface area (Å²) in [4.78, 5) is 34.5. The molecule has 2 aliphatic rings. The summed E-state index contributed by atoms with van der Waals surface area (Å²) in [6.07, 6.45) is 4.95. The molecule has 1 saturated heterocycles. The molecule has 3 heterocycles. The van der Waals surface area contributed by atoms with Crippen molar-refractivity contribution < 1.29 is 14.3 Å². The van der Waals surface area contributed by atoms with Crippen molar-refractivity contribution in [3.05, 3.63) is 65.6 Å². The van der Waals surface area contributed by atoms with Gasteiger partial charge in [-0.2, -0.15) is 0 Å². The number of carbonyl (C=O) groups is 2. The molecular weight excluding hydrogens is 378 g/mol. The van der Waals surface area contributed by atoms with Crippen LogP contribution in [0.3, 0.4) is 0 Å². The van der Waals surface area contributed by atoms with Crippen LogP contribution in [0.5, 0.6) is 5.75 Å². The molecule has 0 atom stereocenters. The first-order valence-electron chi connectivity index (χ1n) is 10.6. The van der Waals surface area contributed by atoms with Crippen LogP contribution in [0, 0.1) is 0 Å². The molecule has 2 aromatic rings. The topological polar surface area (TPSA) is 62.7 Å². The van der Waals surface area contributed by atoms with Gasteiger partial charge in [-0.05, 0) is 62.9 Å². The predicted molar refractivity (Wildman–Crippen MR) is 114 cm³/mol. The summed E-state index contributed by atoms with van der Waals surface area (Å²) in [5.41, 5.74) is 2.44. The Balaban J connectivity index is 1.69. The molecule has 6 nitrogen and oxygen atoms in total. The number of pyridine rings is 1. The van der Waals surface area contributed by atoms with E-state index < -0.39 is 0 Å². The second kappa shape index (κ2) is 8.69. The summed E-state index contributed by atoms with van der Waals surface area (Å²) in [6, 6.07) is 13.0. The summed E-state index contributed by atoms with van der Waals surface area (Å²) in [5, 5.41) is 0. The van der Waals surface area contributed by atoms with Gasteiger partial charge in [-0.3, -0.25) is 19.5 Å². The fourth-order valence-corrected chi connectivity index (χ4v) is 4.00. The van der Waals surface area contributed by atoms with Crippen LogP contribution < -0.4 is 4.74 Å². The summed E-state index contributed by atoms with van der Waals surface area (Å²) >= 11 is 0. The Labute approximate surface area is 177 Å². The Hall–Kier alpha value is -3.15. The monoisotopic (exact) mass is 405 g/mol. The average molecular weight is 405 g/mol. The number of hydrogen-bond acceptors (Lipinski definition) is 5. The predicted octanol–water partition coefficient (Wildman–Crippen LogP) is 3.63. The molecule has 30 heavy (non-hydrogen) atoms. The van der Waals surface area contributed by atoms with E-state index in [0.29, 0.717) is 17.0 Å². The summed E-state index contributed by atoms with van der Waals surface area (Å²) in [7, 11) is 0. The van der Waals surface area contributed by atoms with Crippen molar-refractivity contribution in [1.82, 2.24) is 14.8 Å². The van der Waals surface area contributed by atoms with Gasteiger partial charge in [0.15, 0.2) is 0 Å². The third-order valence-electron chi connectivity index (χ3n) is 5.38. The van der Waals surface area contributed by atoms with Gasteiger partial charge in [0.1, 0.15) is 11.4 Å². The lowest BCUT2D eigenvalue weighted by Gasteiger charge is -2.29.